The van der Waals surface area contributed by atoms with Crippen molar-refractivity contribution in [3.63, 3.8) is 0 Å². The number of nitrogens with zero attached hydrogens (tertiary/aromatic N) is 3. The lowest BCUT2D eigenvalue weighted by Gasteiger charge is -2.08. The molecule has 0 radical (unpaired) electrons. The molecular weight excluding hydrogens is 252 g/mol. The van der Waals surface area contributed by atoms with E-state index in [4.69, 9.17) is 0 Å². The van der Waals surface area contributed by atoms with E-state index in [0.717, 1.165) is 12.1 Å². The summed E-state index contributed by atoms with van der Waals surface area (Å²) in [5.41, 5.74) is 0.405. The van der Waals surface area contributed by atoms with Crippen LogP contribution in [-0.2, 0) is 6.42 Å². The average Bonchev–Trinajstić information content (AvgIpc) is 2.83. The Bertz CT molecular complexity index is 608. The second-order valence-corrected chi connectivity index (χ2v) is 4.47. The maximum absolute atomic E-state index is 13.1. The quantitative estimate of drug-likeness (QED) is 0.798. The molecule has 1 heterocycles. The Kier molecular flexibility index (Phi) is 3.69. The first kappa shape index (κ1) is 13.3. The van der Waals surface area contributed by atoms with Crippen molar-refractivity contribution < 1.29 is 13.6 Å². The standard InChI is InChI=1S/C13H13F2N3O/c1-8(2)18-13(16-7-17-18)12(19)6-9-3-4-10(14)11(15)5-9/h3-5,7-8H,6H2,1-2H3. The Labute approximate surface area is 109 Å². The number of halogens is 2. The first-order valence-corrected chi connectivity index (χ1v) is 5.85. The summed E-state index contributed by atoms with van der Waals surface area (Å²) >= 11 is 0. The van der Waals surface area contributed by atoms with Crippen molar-refractivity contribution >= 4 is 5.78 Å². The molecule has 0 saturated heterocycles. The van der Waals surface area contributed by atoms with Gasteiger partial charge in [0.05, 0.1) is 0 Å². The lowest BCUT2D eigenvalue weighted by Crippen LogP contribution is -2.15. The van der Waals surface area contributed by atoms with Crippen molar-refractivity contribution in [2.75, 3.05) is 0 Å². The Morgan fingerprint density at radius 1 is 1.32 bits per heavy atom. The largest absolute Gasteiger partial charge is 0.290 e. The van der Waals surface area contributed by atoms with Crippen LogP contribution in [0.25, 0.3) is 0 Å². The van der Waals surface area contributed by atoms with Crippen LogP contribution in [0.3, 0.4) is 0 Å². The number of benzene rings is 1. The smallest absolute Gasteiger partial charge is 0.204 e. The van der Waals surface area contributed by atoms with E-state index in [2.05, 4.69) is 10.1 Å². The van der Waals surface area contributed by atoms with Gasteiger partial charge in [-0.3, -0.25) is 4.79 Å². The summed E-state index contributed by atoms with van der Waals surface area (Å²) in [6, 6.07) is 3.41. The molecule has 2 aromatic rings. The number of carbonyl (C=O) groups excluding carboxylic acids is 1. The Balaban J connectivity index is 2.21. The topological polar surface area (TPSA) is 47.8 Å². The van der Waals surface area contributed by atoms with Gasteiger partial charge in [0.15, 0.2) is 17.5 Å². The molecule has 0 atom stereocenters. The number of ketones is 1. The molecule has 0 aliphatic carbocycles. The van der Waals surface area contributed by atoms with Crippen LogP contribution in [0.5, 0.6) is 0 Å². The third-order valence-corrected chi connectivity index (χ3v) is 2.66. The van der Waals surface area contributed by atoms with E-state index in [9.17, 15) is 13.6 Å². The SMILES string of the molecule is CC(C)n1ncnc1C(=O)Cc1ccc(F)c(F)c1. The third kappa shape index (κ3) is 2.83. The highest BCUT2D eigenvalue weighted by Gasteiger charge is 2.17. The predicted molar refractivity (Wildman–Crippen MR) is 64.8 cm³/mol. The molecule has 0 aliphatic rings. The zero-order valence-corrected chi connectivity index (χ0v) is 10.6. The Morgan fingerprint density at radius 3 is 2.68 bits per heavy atom. The van der Waals surface area contributed by atoms with Gasteiger partial charge < -0.3 is 0 Å². The second kappa shape index (κ2) is 5.26. The van der Waals surface area contributed by atoms with E-state index in [-0.39, 0.29) is 24.1 Å². The minimum atomic E-state index is -0.962. The van der Waals surface area contributed by atoms with Crippen molar-refractivity contribution in [3.05, 3.63) is 47.5 Å². The molecule has 0 N–H and O–H groups in total. The number of hydrogen-bond donors (Lipinski definition) is 0. The maximum atomic E-state index is 13.1. The van der Waals surface area contributed by atoms with E-state index >= 15 is 0 Å². The maximum Gasteiger partial charge on any atom is 0.204 e. The molecular formula is C13H13F2N3O. The zero-order chi connectivity index (χ0) is 14.0. The summed E-state index contributed by atoms with van der Waals surface area (Å²) < 4.78 is 27.4. The minimum absolute atomic E-state index is 0.00593. The van der Waals surface area contributed by atoms with E-state index in [1.807, 2.05) is 13.8 Å². The van der Waals surface area contributed by atoms with Crippen molar-refractivity contribution in [2.45, 2.75) is 26.3 Å². The molecule has 1 aromatic heterocycles. The predicted octanol–water partition coefficient (Wildman–Crippen LogP) is 2.56. The van der Waals surface area contributed by atoms with Gasteiger partial charge in [0.2, 0.25) is 5.78 Å². The molecule has 2 rings (SSSR count). The van der Waals surface area contributed by atoms with Crippen LogP contribution in [0.15, 0.2) is 24.5 Å². The van der Waals surface area contributed by atoms with Gasteiger partial charge in [-0.25, -0.2) is 18.4 Å². The Morgan fingerprint density at radius 2 is 2.05 bits per heavy atom. The van der Waals surface area contributed by atoms with Crippen molar-refractivity contribution in [2.24, 2.45) is 0 Å². The molecule has 0 unspecified atom stereocenters. The second-order valence-electron chi connectivity index (χ2n) is 4.47. The normalized spacial score (nSPS) is 11.0. The van der Waals surface area contributed by atoms with Gasteiger partial charge in [0.1, 0.15) is 6.33 Å². The number of hydrogen-bond acceptors (Lipinski definition) is 3. The van der Waals surface area contributed by atoms with Crippen molar-refractivity contribution in [3.8, 4) is 0 Å². The highest BCUT2D eigenvalue weighted by Crippen LogP contribution is 2.12. The van der Waals surface area contributed by atoms with E-state index < -0.39 is 11.6 Å². The van der Waals surface area contributed by atoms with Gasteiger partial charge in [-0.2, -0.15) is 5.10 Å². The van der Waals surface area contributed by atoms with Gasteiger partial charge in [-0.15, -0.1) is 0 Å². The Hall–Kier alpha value is -2.11. The lowest BCUT2D eigenvalue weighted by atomic mass is 10.1. The average molecular weight is 265 g/mol. The molecule has 0 amide bonds. The molecule has 0 spiro atoms. The number of rotatable bonds is 4. The summed E-state index contributed by atoms with van der Waals surface area (Å²) in [4.78, 5) is 16.0. The van der Waals surface area contributed by atoms with Gasteiger partial charge in [-0.05, 0) is 31.5 Å². The van der Waals surface area contributed by atoms with Gasteiger partial charge in [0.25, 0.3) is 0 Å². The van der Waals surface area contributed by atoms with Crippen molar-refractivity contribution in [1.82, 2.24) is 14.8 Å². The molecule has 1 aromatic carbocycles. The first-order chi connectivity index (χ1) is 8.99. The van der Waals surface area contributed by atoms with Gasteiger partial charge in [0, 0.05) is 12.5 Å². The summed E-state index contributed by atoms with van der Waals surface area (Å²) in [6.07, 6.45) is 1.26. The third-order valence-electron chi connectivity index (χ3n) is 2.66. The summed E-state index contributed by atoms with van der Waals surface area (Å²) in [7, 11) is 0. The van der Waals surface area contributed by atoms with E-state index in [1.54, 1.807) is 0 Å². The lowest BCUT2D eigenvalue weighted by molar-refractivity contribution is 0.0975. The summed E-state index contributed by atoms with van der Waals surface area (Å²) in [6.45, 7) is 3.76. The number of carbonyl (C=O) groups is 1. The van der Waals surface area contributed by atoms with E-state index in [1.165, 1.54) is 17.1 Å². The van der Waals surface area contributed by atoms with Crippen LogP contribution < -0.4 is 0 Å². The minimum Gasteiger partial charge on any atom is -0.290 e. The van der Waals surface area contributed by atoms with Crippen LogP contribution in [0, 0.1) is 11.6 Å². The molecule has 0 bridgehead atoms. The van der Waals surface area contributed by atoms with Gasteiger partial charge in [-0.1, -0.05) is 6.07 Å². The molecule has 100 valence electrons. The molecule has 19 heavy (non-hydrogen) atoms. The van der Waals surface area contributed by atoms with Crippen LogP contribution in [0.2, 0.25) is 0 Å². The fourth-order valence-corrected chi connectivity index (χ4v) is 1.74. The molecule has 0 aliphatic heterocycles. The fourth-order valence-electron chi connectivity index (χ4n) is 1.74. The van der Waals surface area contributed by atoms with Crippen LogP contribution in [0.1, 0.15) is 36.1 Å². The van der Waals surface area contributed by atoms with Crippen molar-refractivity contribution in [1.29, 1.82) is 0 Å². The molecule has 6 heteroatoms. The zero-order valence-electron chi connectivity index (χ0n) is 10.6. The van der Waals surface area contributed by atoms with E-state index in [0.29, 0.717) is 5.56 Å². The number of Topliss-reactive ketones (excluding diaryl/α,β-unsaturated/α-hetero) is 1. The molecule has 4 nitrogen and oxygen atoms in total. The molecule has 0 saturated carbocycles. The van der Waals surface area contributed by atoms with Crippen LogP contribution >= 0.6 is 0 Å². The first-order valence-electron chi connectivity index (χ1n) is 5.85. The van der Waals surface area contributed by atoms with Gasteiger partial charge >= 0.3 is 0 Å². The van der Waals surface area contributed by atoms with Crippen LogP contribution in [-0.4, -0.2) is 20.5 Å². The molecule has 0 fully saturated rings. The monoisotopic (exact) mass is 265 g/mol. The fraction of sp³-hybridized carbons (Fsp3) is 0.308. The number of aromatic nitrogens is 3. The highest BCUT2D eigenvalue weighted by molar-refractivity contribution is 5.94. The highest BCUT2D eigenvalue weighted by atomic mass is 19.2. The summed E-state index contributed by atoms with van der Waals surface area (Å²) in [5, 5.41) is 3.96. The van der Waals surface area contributed by atoms with Crippen LogP contribution in [0.4, 0.5) is 8.78 Å². The summed E-state index contributed by atoms with van der Waals surface area (Å²) in [5.74, 6) is -1.95.